The number of rotatable bonds is 6. The Morgan fingerprint density at radius 1 is 0.842 bits per heavy atom. The van der Waals surface area contributed by atoms with Gasteiger partial charge in [-0.1, -0.05) is 33.8 Å². The van der Waals surface area contributed by atoms with E-state index in [4.69, 9.17) is 4.74 Å². The average molecular weight is 516 g/mol. The third-order valence-electron chi connectivity index (χ3n) is 7.50. The van der Waals surface area contributed by atoms with Crippen molar-refractivity contribution >= 4 is 34.6 Å². The highest BCUT2D eigenvalue weighted by Gasteiger charge is 2.37. The maximum Gasteiger partial charge on any atom is 0.337 e. The lowest BCUT2D eigenvalue weighted by atomic mass is 9.63. The number of nitro benzene ring substituents is 1. The van der Waals surface area contributed by atoms with Gasteiger partial charge in [0.2, 0.25) is 0 Å². The van der Waals surface area contributed by atoms with Crippen LogP contribution in [-0.2, 0) is 15.6 Å². The summed E-state index contributed by atoms with van der Waals surface area (Å²) in [5.41, 5.74) is 6.14. The molecule has 198 valence electrons. The number of carbonyl (C=O) groups is 2. The molecule has 0 aromatic heterocycles. The second-order valence-electron chi connectivity index (χ2n) is 11.1. The van der Waals surface area contributed by atoms with Gasteiger partial charge in [0.1, 0.15) is 0 Å². The third-order valence-corrected chi connectivity index (χ3v) is 7.50. The summed E-state index contributed by atoms with van der Waals surface area (Å²) >= 11 is 0. The van der Waals surface area contributed by atoms with Crippen molar-refractivity contribution in [3.8, 4) is 0 Å². The molecule has 0 spiro atoms. The number of ether oxygens (including phenoxy) is 1. The molecule has 0 radical (unpaired) electrons. The number of non-ortho nitro benzene ring substituents is 1. The Labute approximate surface area is 222 Å². The van der Waals surface area contributed by atoms with Crippen LogP contribution in [0.25, 0.3) is 0 Å². The van der Waals surface area contributed by atoms with Crippen LogP contribution in [0, 0.1) is 17.0 Å². The van der Waals surface area contributed by atoms with E-state index in [1.165, 1.54) is 42.5 Å². The van der Waals surface area contributed by atoms with Crippen molar-refractivity contribution in [2.45, 2.75) is 58.3 Å². The van der Waals surface area contributed by atoms with E-state index in [0.29, 0.717) is 11.4 Å². The van der Waals surface area contributed by atoms with E-state index in [0.717, 1.165) is 24.1 Å². The molecule has 38 heavy (non-hydrogen) atoms. The van der Waals surface area contributed by atoms with E-state index in [-0.39, 0.29) is 27.6 Å². The zero-order valence-corrected chi connectivity index (χ0v) is 22.6. The first-order valence-electron chi connectivity index (χ1n) is 12.5. The van der Waals surface area contributed by atoms with Gasteiger partial charge in [0.05, 0.1) is 29.0 Å². The molecule has 0 atom stereocenters. The number of carbonyl (C=O) groups excluding carboxylic acids is 2. The predicted molar refractivity (Wildman–Crippen MR) is 149 cm³/mol. The zero-order valence-electron chi connectivity index (χ0n) is 22.6. The van der Waals surface area contributed by atoms with Crippen molar-refractivity contribution in [3.05, 3.63) is 92.5 Å². The summed E-state index contributed by atoms with van der Waals surface area (Å²) in [7, 11) is 1.29. The second kappa shape index (κ2) is 9.93. The molecule has 3 aromatic carbocycles. The topological polar surface area (TPSA) is 111 Å². The molecule has 2 N–H and O–H groups in total. The number of fused-ring (bicyclic) bond motifs is 1. The Morgan fingerprint density at radius 2 is 1.42 bits per heavy atom. The van der Waals surface area contributed by atoms with E-state index in [1.807, 2.05) is 0 Å². The Balaban J connectivity index is 1.72. The van der Waals surface area contributed by atoms with E-state index in [9.17, 15) is 19.7 Å². The lowest BCUT2D eigenvalue weighted by molar-refractivity contribution is -0.384. The van der Waals surface area contributed by atoms with Crippen molar-refractivity contribution in [2.75, 3.05) is 17.7 Å². The molecule has 1 amide bonds. The zero-order chi connectivity index (χ0) is 27.8. The smallest absolute Gasteiger partial charge is 0.337 e. The molecular weight excluding hydrogens is 482 g/mol. The Morgan fingerprint density at radius 3 is 2.00 bits per heavy atom. The van der Waals surface area contributed by atoms with Gasteiger partial charge in [-0.3, -0.25) is 14.9 Å². The first-order valence-corrected chi connectivity index (χ1v) is 12.5. The molecule has 0 aliphatic heterocycles. The lowest BCUT2D eigenvalue weighted by Gasteiger charge is -2.42. The number of methoxy groups -OCH3 is 1. The number of nitro groups is 1. The van der Waals surface area contributed by atoms with E-state index < -0.39 is 16.8 Å². The highest BCUT2D eigenvalue weighted by molar-refractivity contribution is 6.07. The van der Waals surface area contributed by atoms with Crippen molar-refractivity contribution in [3.63, 3.8) is 0 Å². The summed E-state index contributed by atoms with van der Waals surface area (Å²) in [4.78, 5) is 35.7. The molecule has 0 heterocycles. The Kier molecular flexibility index (Phi) is 7.02. The summed E-state index contributed by atoms with van der Waals surface area (Å²) < 4.78 is 4.86. The standard InChI is InChI=1S/C30H33N3O5/c1-18-15-22-23(30(4,5)14-13-29(22,2)3)17-25(18)31-24-12-9-20(28(35)38-6)16-26(24)32-27(34)19-7-10-21(11-8-19)33(36)37/h7-12,15-17,31H,13-14H2,1-6H3,(H,32,34). The quantitative estimate of drug-likeness (QED) is 0.207. The van der Waals surface area contributed by atoms with Crippen LogP contribution < -0.4 is 10.6 Å². The molecule has 3 aromatic rings. The molecular formula is C30H33N3O5. The third kappa shape index (κ3) is 5.25. The number of amides is 1. The lowest BCUT2D eigenvalue weighted by Crippen LogP contribution is -2.34. The van der Waals surface area contributed by atoms with Gasteiger partial charge in [0.15, 0.2) is 0 Å². The van der Waals surface area contributed by atoms with Crippen LogP contribution >= 0.6 is 0 Å². The minimum Gasteiger partial charge on any atom is -0.465 e. The van der Waals surface area contributed by atoms with Gasteiger partial charge in [0, 0.05) is 23.4 Å². The van der Waals surface area contributed by atoms with E-state index in [1.54, 1.807) is 18.2 Å². The fourth-order valence-electron chi connectivity index (χ4n) is 4.93. The van der Waals surface area contributed by atoms with Gasteiger partial charge < -0.3 is 15.4 Å². The molecule has 0 unspecified atom stereocenters. The van der Waals surface area contributed by atoms with Crippen molar-refractivity contribution in [1.29, 1.82) is 0 Å². The SMILES string of the molecule is COC(=O)c1ccc(Nc2cc3c(cc2C)C(C)(C)CCC3(C)C)c(NC(=O)c2ccc([N+](=O)[O-])cc2)c1. The van der Waals surface area contributed by atoms with Gasteiger partial charge in [-0.05, 0) is 83.7 Å². The normalized spacial score (nSPS) is 15.2. The number of hydrogen-bond donors (Lipinski definition) is 2. The van der Waals surface area contributed by atoms with E-state index in [2.05, 4.69) is 57.4 Å². The number of nitrogens with one attached hydrogen (secondary N) is 2. The van der Waals surface area contributed by atoms with Crippen LogP contribution in [0.4, 0.5) is 22.7 Å². The first kappa shape index (κ1) is 26.9. The van der Waals surface area contributed by atoms with Crippen molar-refractivity contribution < 1.29 is 19.2 Å². The number of nitrogens with zero attached hydrogens (tertiary/aromatic N) is 1. The van der Waals surface area contributed by atoms with Crippen LogP contribution in [0.3, 0.4) is 0 Å². The number of aryl methyl sites for hydroxylation is 1. The largest absolute Gasteiger partial charge is 0.465 e. The Hall–Kier alpha value is -4.20. The highest BCUT2D eigenvalue weighted by Crippen LogP contribution is 2.47. The van der Waals surface area contributed by atoms with Crippen molar-refractivity contribution in [2.24, 2.45) is 0 Å². The molecule has 1 aliphatic carbocycles. The predicted octanol–water partition coefficient (Wildman–Crippen LogP) is 7.03. The van der Waals surface area contributed by atoms with Crippen molar-refractivity contribution in [1.82, 2.24) is 0 Å². The molecule has 0 saturated heterocycles. The molecule has 1 aliphatic rings. The average Bonchev–Trinajstić information content (AvgIpc) is 2.88. The minimum atomic E-state index is -0.531. The van der Waals surface area contributed by atoms with Gasteiger partial charge in [-0.15, -0.1) is 0 Å². The second-order valence-corrected chi connectivity index (χ2v) is 11.1. The monoisotopic (exact) mass is 515 g/mol. The van der Waals surface area contributed by atoms with Crippen LogP contribution in [0.5, 0.6) is 0 Å². The summed E-state index contributed by atoms with van der Waals surface area (Å²) in [5, 5.41) is 17.3. The fourth-order valence-corrected chi connectivity index (χ4v) is 4.93. The van der Waals surface area contributed by atoms with Crippen LogP contribution in [0.15, 0.2) is 54.6 Å². The van der Waals surface area contributed by atoms with Gasteiger partial charge in [0.25, 0.3) is 11.6 Å². The minimum absolute atomic E-state index is 0.0245. The summed E-state index contributed by atoms with van der Waals surface area (Å²) in [6, 6.07) is 14.7. The van der Waals surface area contributed by atoms with Crippen LogP contribution in [0.1, 0.15) is 77.9 Å². The Bertz CT molecular complexity index is 1420. The molecule has 4 rings (SSSR count). The number of anilines is 3. The van der Waals surface area contributed by atoms with Gasteiger partial charge in [-0.2, -0.15) is 0 Å². The maximum absolute atomic E-state index is 13.0. The molecule has 0 fully saturated rings. The number of hydrogen-bond acceptors (Lipinski definition) is 6. The van der Waals surface area contributed by atoms with Gasteiger partial charge >= 0.3 is 5.97 Å². The molecule has 0 bridgehead atoms. The number of esters is 1. The summed E-state index contributed by atoms with van der Waals surface area (Å²) in [6.07, 6.45) is 2.20. The summed E-state index contributed by atoms with van der Waals surface area (Å²) in [6.45, 7) is 11.1. The van der Waals surface area contributed by atoms with E-state index >= 15 is 0 Å². The first-order chi connectivity index (χ1) is 17.8. The molecule has 8 nitrogen and oxygen atoms in total. The number of benzene rings is 3. The molecule has 0 saturated carbocycles. The molecule has 8 heteroatoms. The maximum atomic E-state index is 13.0. The summed E-state index contributed by atoms with van der Waals surface area (Å²) in [5.74, 6) is -0.994. The van der Waals surface area contributed by atoms with Crippen LogP contribution in [-0.4, -0.2) is 23.9 Å². The van der Waals surface area contributed by atoms with Crippen LogP contribution in [0.2, 0.25) is 0 Å². The fraction of sp³-hybridized carbons (Fsp3) is 0.333. The highest BCUT2D eigenvalue weighted by atomic mass is 16.6. The van der Waals surface area contributed by atoms with Gasteiger partial charge in [-0.25, -0.2) is 4.79 Å².